The van der Waals surface area contributed by atoms with E-state index in [-0.39, 0.29) is 11.4 Å². The highest BCUT2D eigenvalue weighted by molar-refractivity contribution is 6.31. The highest BCUT2D eigenvalue weighted by Gasteiger charge is 2.15. The fourth-order valence-corrected chi connectivity index (χ4v) is 2.13. The topological polar surface area (TPSA) is 33.1 Å². The zero-order valence-corrected chi connectivity index (χ0v) is 10.8. The molecule has 0 saturated heterocycles. The molecule has 1 atom stereocenters. The van der Waals surface area contributed by atoms with Gasteiger partial charge in [0.25, 0.3) is 0 Å². The number of rotatable bonds is 3. The fourth-order valence-electron chi connectivity index (χ4n) is 1.64. The van der Waals surface area contributed by atoms with Crippen LogP contribution in [0.2, 0.25) is 10.0 Å². The van der Waals surface area contributed by atoms with Crippen LogP contribution in [0, 0.1) is 5.82 Å². The number of halogens is 3. The van der Waals surface area contributed by atoms with Crippen LogP contribution in [0.4, 0.5) is 4.39 Å². The number of aromatic nitrogens is 1. The summed E-state index contributed by atoms with van der Waals surface area (Å²) in [6, 6.07) is 7.39. The Kier molecular flexibility index (Phi) is 4.17. The summed E-state index contributed by atoms with van der Waals surface area (Å²) in [7, 11) is 0. The van der Waals surface area contributed by atoms with Gasteiger partial charge in [-0.15, -0.1) is 0 Å². The van der Waals surface area contributed by atoms with E-state index in [0.717, 1.165) is 0 Å². The molecule has 0 fully saturated rings. The molecule has 0 amide bonds. The van der Waals surface area contributed by atoms with Crippen LogP contribution in [0.3, 0.4) is 0 Å². The lowest BCUT2D eigenvalue weighted by Crippen LogP contribution is -2.05. The van der Waals surface area contributed by atoms with Crippen molar-refractivity contribution >= 4 is 23.2 Å². The van der Waals surface area contributed by atoms with E-state index < -0.39 is 11.9 Å². The maximum Gasteiger partial charge on any atom is 0.124 e. The molecule has 18 heavy (non-hydrogen) atoms. The van der Waals surface area contributed by atoms with Crippen LogP contribution in [0.25, 0.3) is 0 Å². The van der Waals surface area contributed by atoms with Gasteiger partial charge >= 0.3 is 0 Å². The molecular weight excluding hydrogens is 276 g/mol. The summed E-state index contributed by atoms with van der Waals surface area (Å²) in [6.07, 6.45) is 0.911. The summed E-state index contributed by atoms with van der Waals surface area (Å²) in [4.78, 5) is 4.02. The summed E-state index contributed by atoms with van der Waals surface area (Å²) < 4.78 is 12.9. The second kappa shape index (κ2) is 5.65. The van der Waals surface area contributed by atoms with Crippen LogP contribution < -0.4 is 0 Å². The predicted molar refractivity (Wildman–Crippen MR) is 69.3 cm³/mol. The van der Waals surface area contributed by atoms with Gasteiger partial charge in [-0.2, -0.15) is 0 Å². The summed E-state index contributed by atoms with van der Waals surface area (Å²) >= 11 is 11.8. The summed E-state index contributed by atoms with van der Waals surface area (Å²) in [5.41, 5.74) is 1.03. The molecule has 1 unspecified atom stereocenters. The van der Waals surface area contributed by atoms with Gasteiger partial charge in [0, 0.05) is 17.6 Å². The molecule has 1 N–H and O–H groups in total. The molecule has 5 heteroatoms. The first kappa shape index (κ1) is 13.3. The molecule has 2 nitrogen and oxygen atoms in total. The van der Waals surface area contributed by atoms with Crippen molar-refractivity contribution in [1.29, 1.82) is 0 Å². The average Bonchev–Trinajstić information content (AvgIpc) is 2.33. The minimum atomic E-state index is -0.873. The van der Waals surface area contributed by atoms with Crippen molar-refractivity contribution < 1.29 is 9.50 Å². The second-order valence-electron chi connectivity index (χ2n) is 3.83. The third kappa shape index (κ3) is 2.99. The zero-order valence-electron chi connectivity index (χ0n) is 9.28. The zero-order chi connectivity index (χ0) is 13.1. The highest BCUT2D eigenvalue weighted by Crippen LogP contribution is 2.26. The lowest BCUT2D eigenvalue weighted by molar-refractivity contribution is 0.173. The molecule has 0 aliphatic rings. The van der Waals surface area contributed by atoms with Crippen molar-refractivity contribution in [2.75, 3.05) is 0 Å². The van der Waals surface area contributed by atoms with Gasteiger partial charge in [0.2, 0.25) is 0 Å². The maximum absolute atomic E-state index is 12.9. The molecule has 0 spiro atoms. The number of benzene rings is 1. The summed E-state index contributed by atoms with van der Waals surface area (Å²) in [5.74, 6) is -0.408. The van der Waals surface area contributed by atoms with Crippen LogP contribution in [-0.2, 0) is 6.42 Å². The lowest BCUT2D eigenvalue weighted by atomic mass is 10.1. The number of pyridine rings is 1. The minimum absolute atomic E-state index is 0.232. The van der Waals surface area contributed by atoms with Crippen LogP contribution in [0.15, 0.2) is 36.5 Å². The Morgan fingerprint density at radius 2 is 2.00 bits per heavy atom. The normalized spacial score (nSPS) is 12.4. The van der Waals surface area contributed by atoms with Gasteiger partial charge in [-0.25, -0.2) is 4.39 Å². The molecule has 0 bridgehead atoms. The third-order valence-electron chi connectivity index (χ3n) is 2.53. The van der Waals surface area contributed by atoms with Crippen molar-refractivity contribution in [2.45, 2.75) is 12.5 Å². The van der Waals surface area contributed by atoms with E-state index in [1.54, 1.807) is 18.3 Å². The van der Waals surface area contributed by atoms with Crippen LogP contribution in [0.5, 0.6) is 0 Å². The Hall–Kier alpha value is -1.16. The first-order valence-electron chi connectivity index (χ1n) is 5.30. The Labute approximate surface area is 114 Å². The molecule has 0 saturated carbocycles. The van der Waals surface area contributed by atoms with Gasteiger partial charge in [-0.3, -0.25) is 4.98 Å². The molecule has 2 rings (SSSR count). The van der Waals surface area contributed by atoms with Crippen molar-refractivity contribution in [3.8, 4) is 0 Å². The number of hydrogen-bond acceptors (Lipinski definition) is 2. The van der Waals surface area contributed by atoms with Crippen molar-refractivity contribution in [2.24, 2.45) is 0 Å². The summed E-state index contributed by atoms with van der Waals surface area (Å²) in [6.45, 7) is 0. The predicted octanol–water partition coefficient (Wildman–Crippen LogP) is 3.80. The minimum Gasteiger partial charge on any atom is -0.386 e. The van der Waals surface area contributed by atoms with E-state index in [4.69, 9.17) is 23.2 Å². The van der Waals surface area contributed by atoms with E-state index in [0.29, 0.717) is 16.3 Å². The van der Waals surface area contributed by atoms with E-state index in [2.05, 4.69) is 4.98 Å². The quantitative estimate of drug-likeness (QED) is 0.930. The van der Waals surface area contributed by atoms with Gasteiger partial charge in [-0.1, -0.05) is 29.3 Å². The lowest BCUT2D eigenvalue weighted by Gasteiger charge is -2.12. The average molecular weight is 286 g/mol. The van der Waals surface area contributed by atoms with E-state index in [1.807, 2.05) is 0 Å². The van der Waals surface area contributed by atoms with Crippen LogP contribution >= 0.6 is 23.2 Å². The van der Waals surface area contributed by atoms with Crippen molar-refractivity contribution in [3.05, 3.63) is 63.6 Å². The number of hydrogen-bond donors (Lipinski definition) is 1. The van der Waals surface area contributed by atoms with Gasteiger partial charge in [0.15, 0.2) is 0 Å². The number of aliphatic hydroxyl groups is 1. The summed E-state index contributed by atoms with van der Waals surface area (Å²) in [5, 5.41) is 10.7. The molecule has 0 aliphatic heterocycles. The molecule has 0 aliphatic carbocycles. The Bertz CT molecular complexity index is 562. The van der Waals surface area contributed by atoms with E-state index >= 15 is 0 Å². The number of nitrogens with zero attached hydrogens (tertiary/aromatic N) is 1. The fraction of sp³-hybridized carbons (Fsp3) is 0.154. The molecule has 0 radical (unpaired) electrons. The third-order valence-corrected chi connectivity index (χ3v) is 3.20. The SMILES string of the molecule is OC(Cc1ccc(F)cc1Cl)c1ncccc1Cl. The van der Waals surface area contributed by atoms with Crippen molar-refractivity contribution in [3.63, 3.8) is 0 Å². The maximum atomic E-state index is 12.9. The monoisotopic (exact) mass is 285 g/mol. The van der Waals surface area contributed by atoms with Gasteiger partial charge in [-0.05, 0) is 29.8 Å². The van der Waals surface area contributed by atoms with E-state index in [9.17, 15) is 9.50 Å². The number of aliphatic hydroxyl groups excluding tert-OH is 1. The van der Waals surface area contributed by atoms with Crippen molar-refractivity contribution in [1.82, 2.24) is 4.98 Å². The van der Waals surface area contributed by atoms with Gasteiger partial charge in [0.05, 0.1) is 10.7 Å². The molecule has 1 aromatic carbocycles. The molecule has 1 aromatic heterocycles. The highest BCUT2D eigenvalue weighted by atomic mass is 35.5. The molecule has 1 heterocycles. The first-order chi connectivity index (χ1) is 8.58. The smallest absolute Gasteiger partial charge is 0.124 e. The molecule has 2 aromatic rings. The van der Waals surface area contributed by atoms with Gasteiger partial charge < -0.3 is 5.11 Å². The Morgan fingerprint density at radius 3 is 2.67 bits per heavy atom. The molecular formula is C13H10Cl2FNO. The standard InChI is InChI=1S/C13H10Cl2FNO/c14-10-2-1-5-17-13(10)12(18)6-8-3-4-9(16)7-11(8)15/h1-5,7,12,18H,6H2. The van der Waals surface area contributed by atoms with E-state index in [1.165, 1.54) is 18.2 Å². The van der Waals surface area contributed by atoms with Crippen LogP contribution in [-0.4, -0.2) is 10.1 Å². The first-order valence-corrected chi connectivity index (χ1v) is 6.06. The molecule has 94 valence electrons. The largest absolute Gasteiger partial charge is 0.386 e. The van der Waals surface area contributed by atoms with Crippen LogP contribution in [0.1, 0.15) is 17.4 Å². The van der Waals surface area contributed by atoms with Gasteiger partial charge in [0.1, 0.15) is 11.9 Å². The Morgan fingerprint density at radius 1 is 1.22 bits per heavy atom. The second-order valence-corrected chi connectivity index (χ2v) is 4.64. The Balaban J connectivity index is 2.21.